The fraction of sp³-hybridized carbons (Fsp3) is 0.185. The van der Waals surface area contributed by atoms with E-state index in [0.29, 0.717) is 28.3 Å². The van der Waals surface area contributed by atoms with Gasteiger partial charge in [0.05, 0.1) is 25.5 Å². The molecule has 0 aromatic heterocycles. The lowest BCUT2D eigenvalue weighted by Gasteiger charge is -2.17. The van der Waals surface area contributed by atoms with Crippen LogP contribution in [0.25, 0.3) is 11.6 Å². The molecule has 33 heavy (non-hydrogen) atoms. The topological polar surface area (TPSA) is 73.9 Å². The van der Waals surface area contributed by atoms with Crippen LogP contribution >= 0.6 is 0 Å². The Morgan fingerprint density at radius 2 is 1.55 bits per heavy atom. The van der Waals surface area contributed by atoms with Crippen molar-refractivity contribution in [1.82, 2.24) is 0 Å². The number of rotatable bonds is 8. The number of amides is 1. The van der Waals surface area contributed by atoms with Crippen molar-refractivity contribution in [3.63, 3.8) is 0 Å². The highest BCUT2D eigenvalue weighted by molar-refractivity contribution is 6.22. The molecular weight excluding hydrogens is 418 g/mol. The van der Waals surface area contributed by atoms with Gasteiger partial charge < -0.3 is 19.5 Å². The summed E-state index contributed by atoms with van der Waals surface area (Å²) in [7, 11) is 3.09. The first-order valence-electron chi connectivity index (χ1n) is 10.5. The van der Waals surface area contributed by atoms with E-state index < -0.39 is 18.0 Å². The van der Waals surface area contributed by atoms with Crippen molar-refractivity contribution in [1.29, 1.82) is 0 Å². The molecule has 6 heteroatoms. The molecule has 3 aromatic carbocycles. The molecule has 0 radical (unpaired) electrons. The molecule has 0 spiro atoms. The summed E-state index contributed by atoms with van der Waals surface area (Å²) in [6.45, 7) is 3.44. The highest BCUT2D eigenvalue weighted by atomic mass is 16.5. The lowest BCUT2D eigenvalue weighted by Crippen LogP contribution is -2.30. The van der Waals surface area contributed by atoms with E-state index in [1.165, 1.54) is 14.0 Å². The summed E-state index contributed by atoms with van der Waals surface area (Å²) in [6, 6.07) is 21.9. The molecule has 6 nitrogen and oxygen atoms in total. The van der Waals surface area contributed by atoms with E-state index >= 15 is 0 Å². The number of hydrogen-bond donors (Lipinski definition) is 1. The molecule has 0 fully saturated rings. The minimum Gasteiger partial charge on any atom is -0.496 e. The van der Waals surface area contributed by atoms with Crippen molar-refractivity contribution in [3.05, 3.63) is 89.5 Å². The number of anilines is 1. The van der Waals surface area contributed by atoms with Crippen LogP contribution in [0.5, 0.6) is 11.5 Å². The molecule has 1 unspecified atom stereocenters. The van der Waals surface area contributed by atoms with Gasteiger partial charge in [0.2, 0.25) is 0 Å². The summed E-state index contributed by atoms with van der Waals surface area (Å²) in [5.74, 6) is 0.0625. The molecule has 0 saturated heterocycles. The van der Waals surface area contributed by atoms with Crippen LogP contribution in [0.1, 0.15) is 23.6 Å². The van der Waals surface area contributed by atoms with Crippen molar-refractivity contribution in [2.24, 2.45) is 0 Å². The summed E-state index contributed by atoms with van der Waals surface area (Å²) in [6.07, 6.45) is 0.664. The number of nitrogens with one attached hydrogen (secondary N) is 1. The first-order chi connectivity index (χ1) is 15.9. The third-order valence-electron chi connectivity index (χ3n) is 5.01. The molecule has 1 atom stereocenters. The summed E-state index contributed by atoms with van der Waals surface area (Å²) < 4.78 is 16.3. The molecular formula is C27H27NO5. The van der Waals surface area contributed by atoms with Crippen LogP contribution in [0.15, 0.2) is 72.8 Å². The second kappa shape index (κ2) is 11.0. The van der Waals surface area contributed by atoms with Gasteiger partial charge in [0, 0.05) is 5.56 Å². The van der Waals surface area contributed by atoms with E-state index in [0.717, 1.165) is 11.1 Å². The number of methoxy groups -OCH3 is 2. The number of carbonyl (C=O) groups excluding carboxylic acids is 2. The average Bonchev–Trinajstić information content (AvgIpc) is 2.83. The van der Waals surface area contributed by atoms with Crippen molar-refractivity contribution < 1.29 is 23.8 Å². The van der Waals surface area contributed by atoms with Crippen LogP contribution in [0.3, 0.4) is 0 Å². The van der Waals surface area contributed by atoms with E-state index in [4.69, 9.17) is 14.2 Å². The Balaban J connectivity index is 1.84. The monoisotopic (exact) mass is 445 g/mol. The van der Waals surface area contributed by atoms with E-state index in [9.17, 15) is 9.59 Å². The first kappa shape index (κ1) is 23.6. The molecule has 0 saturated carbocycles. The van der Waals surface area contributed by atoms with Crippen LogP contribution in [-0.2, 0) is 14.3 Å². The fourth-order valence-corrected chi connectivity index (χ4v) is 3.25. The van der Waals surface area contributed by atoms with Crippen LogP contribution in [0.4, 0.5) is 5.69 Å². The average molecular weight is 446 g/mol. The molecule has 1 N–H and O–H groups in total. The van der Waals surface area contributed by atoms with Crippen molar-refractivity contribution in [3.8, 4) is 11.5 Å². The highest BCUT2D eigenvalue weighted by Gasteiger charge is 2.23. The third kappa shape index (κ3) is 6.01. The van der Waals surface area contributed by atoms with Crippen LogP contribution in [-0.4, -0.2) is 32.2 Å². The first-order valence-corrected chi connectivity index (χ1v) is 10.5. The lowest BCUT2D eigenvalue weighted by atomic mass is 10.0. The smallest absolute Gasteiger partial charge is 0.339 e. The third-order valence-corrected chi connectivity index (χ3v) is 5.01. The normalized spacial score (nSPS) is 11.9. The Morgan fingerprint density at radius 3 is 2.24 bits per heavy atom. The second-order valence-corrected chi connectivity index (χ2v) is 7.41. The predicted molar refractivity (Wildman–Crippen MR) is 129 cm³/mol. The van der Waals surface area contributed by atoms with Crippen molar-refractivity contribution >= 4 is 29.2 Å². The van der Waals surface area contributed by atoms with Gasteiger partial charge in [-0.25, -0.2) is 4.79 Å². The minimum absolute atomic E-state index is 0.313. The summed E-state index contributed by atoms with van der Waals surface area (Å²) in [5, 5.41) is 2.77. The maximum atomic E-state index is 13.2. The van der Waals surface area contributed by atoms with Gasteiger partial charge in [-0.1, -0.05) is 54.6 Å². The zero-order valence-electron chi connectivity index (χ0n) is 19.1. The molecule has 0 bridgehead atoms. The SMILES string of the molecule is COc1ccccc1/C=C(/C(=O)OC(C)C(=O)Nc1cc(C)ccc1OC)c1ccccc1. The van der Waals surface area contributed by atoms with Crippen LogP contribution in [0, 0.1) is 6.92 Å². The molecule has 3 rings (SSSR count). The Morgan fingerprint density at radius 1 is 0.879 bits per heavy atom. The number of aryl methyl sites for hydroxylation is 1. The van der Waals surface area contributed by atoms with E-state index in [1.807, 2.05) is 67.6 Å². The summed E-state index contributed by atoms with van der Waals surface area (Å²) in [4.78, 5) is 25.9. The predicted octanol–water partition coefficient (Wildman–Crippen LogP) is 5.12. The molecule has 0 aliphatic rings. The van der Waals surface area contributed by atoms with Gasteiger partial charge >= 0.3 is 5.97 Å². The van der Waals surface area contributed by atoms with Gasteiger partial charge in [0.1, 0.15) is 11.5 Å². The van der Waals surface area contributed by atoms with Gasteiger partial charge in [-0.05, 0) is 49.2 Å². The molecule has 0 aliphatic carbocycles. The Bertz CT molecular complexity index is 1150. The van der Waals surface area contributed by atoms with Crippen molar-refractivity contribution in [2.75, 3.05) is 19.5 Å². The molecule has 0 heterocycles. The Kier molecular flexibility index (Phi) is 7.86. The molecule has 3 aromatic rings. The number of para-hydroxylation sites is 1. The van der Waals surface area contributed by atoms with Gasteiger partial charge in [-0.15, -0.1) is 0 Å². The van der Waals surface area contributed by atoms with Crippen LogP contribution in [0.2, 0.25) is 0 Å². The fourth-order valence-electron chi connectivity index (χ4n) is 3.25. The van der Waals surface area contributed by atoms with Gasteiger partial charge in [0.25, 0.3) is 5.91 Å². The molecule has 0 aliphatic heterocycles. The second-order valence-electron chi connectivity index (χ2n) is 7.41. The largest absolute Gasteiger partial charge is 0.496 e. The number of esters is 1. The van der Waals surface area contributed by atoms with Crippen LogP contribution < -0.4 is 14.8 Å². The lowest BCUT2D eigenvalue weighted by molar-refractivity contribution is -0.147. The maximum Gasteiger partial charge on any atom is 0.339 e. The van der Waals surface area contributed by atoms with Gasteiger partial charge in [-0.2, -0.15) is 0 Å². The number of hydrogen-bond acceptors (Lipinski definition) is 5. The summed E-state index contributed by atoms with van der Waals surface area (Å²) >= 11 is 0. The molecule has 1 amide bonds. The minimum atomic E-state index is -1.03. The van der Waals surface area contributed by atoms with Gasteiger partial charge in [0.15, 0.2) is 6.10 Å². The highest BCUT2D eigenvalue weighted by Crippen LogP contribution is 2.27. The number of ether oxygens (including phenoxy) is 3. The maximum absolute atomic E-state index is 13.2. The van der Waals surface area contributed by atoms with Crippen molar-refractivity contribution in [2.45, 2.75) is 20.0 Å². The number of benzene rings is 3. The Labute approximate surface area is 193 Å². The van der Waals surface area contributed by atoms with E-state index in [1.54, 1.807) is 25.3 Å². The Hall–Kier alpha value is -4.06. The summed E-state index contributed by atoms with van der Waals surface area (Å²) in [5.41, 5.74) is 3.17. The molecule has 170 valence electrons. The zero-order valence-corrected chi connectivity index (χ0v) is 19.1. The van der Waals surface area contributed by atoms with E-state index in [2.05, 4.69) is 5.32 Å². The van der Waals surface area contributed by atoms with E-state index in [-0.39, 0.29) is 0 Å². The number of carbonyl (C=O) groups is 2. The quantitative estimate of drug-likeness (QED) is 0.296. The van der Waals surface area contributed by atoms with Gasteiger partial charge in [-0.3, -0.25) is 4.79 Å². The standard InChI is InChI=1S/C27H27NO5/c1-18-14-15-25(32-4)23(16-18)28-26(29)19(2)33-27(30)22(20-10-6-5-7-11-20)17-21-12-8-9-13-24(21)31-3/h5-17,19H,1-4H3,(H,28,29)/b22-17+. The zero-order chi connectivity index (χ0) is 23.8.